The summed E-state index contributed by atoms with van der Waals surface area (Å²) in [5, 5.41) is 22.2. The van der Waals surface area contributed by atoms with Gasteiger partial charge in [-0.15, -0.1) is 0 Å². The second kappa shape index (κ2) is 5.38. The first kappa shape index (κ1) is 16.7. The third-order valence-electron chi connectivity index (χ3n) is 5.07. The minimum absolute atomic E-state index is 0.129. The van der Waals surface area contributed by atoms with Crippen LogP contribution in [0.15, 0.2) is 29.1 Å². The standard InChI is InChI=1S/C20H21NO5/c1-20(2)9-12(22)13-17(24)14-15(19(25-4)18(13)26-20)21(3)11-8-6-5-7-10(11)16(14)23/h5-8,12,22,24H,9H2,1-4H3/t12-/m1/s1. The Morgan fingerprint density at radius 1 is 1.31 bits per heavy atom. The number of para-hydroxylation sites is 1. The molecule has 6 heteroatoms. The Kier molecular flexibility index (Phi) is 3.46. The summed E-state index contributed by atoms with van der Waals surface area (Å²) in [4.78, 5) is 13.1. The molecule has 0 spiro atoms. The number of aromatic nitrogens is 1. The van der Waals surface area contributed by atoms with Gasteiger partial charge in [-0.3, -0.25) is 4.79 Å². The lowest BCUT2D eigenvalue weighted by Gasteiger charge is -2.37. The Balaban J connectivity index is 2.28. The number of aromatic hydroxyl groups is 1. The van der Waals surface area contributed by atoms with Crippen LogP contribution in [0.25, 0.3) is 21.8 Å². The average Bonchev–Trinajstić information content (AvgIpc) is 2.58. The number of phenolic OH excluding ortho intramolecular Hbond substituents is 1. The lowest BCUT2D eigenvalue weighted by atomic mass is 9.89. The maximum Gasteiger partial charge on any atom is 0.201 e. The molecule has 0 aliphatic carbocycles. The molecule has 2 N–H and O–H groups in total. The maximum atomic E-state index is 13.1. The fourth-order valence-corrected chi connectivity index (χ4v) is 3.93. The number of methoxy groups -OCH3 is 1. The number of aliphatic hydroxyl groups is 1. The zero-order chi connectivity index (χ0) is 18.8. The minimum atomic E-state index is -0.955. The molecule has 0 saturated heterocycles. The van der Waals surface area contributed by atoms with Crippen molar-refractivity contribution in [2.24, 2.45) is 7.05 Å². The van der Waals surface area contributed by atoms with Crippen LogP contribution >= 0.6 is 0 Å². The number of aliphatic hydroxyl groups excluding tert-OH is 1. The van der Waals surface area contributed by atoms with E-state index in [0.717, 1.165) is 5.52 Å². The summed E-state index contributed by atoms with van der Waals surface area (Å²) < 4.78 is 13.5. The number of hydrogen-bond donors (Lipinski definition) is 2. The van der Waals surface area contributed by atoms with Gasteiger partial charge in [-0.1, -0.05) is 12.1 Å². The van der Waals surface area contributed by atoms with Crippen molar-refractivity contribution in [2.75, 3.05) is 7.11 Å². The Hall–Kier alpha value is -2.73. The van der Waals surface area contributed by atoms with Crippen molar-refractivity contribution in [1.29, 1.82) is 0 Å². The van der Waals surface area contributed by atoms with Gasteiger partial charge in [0.15, 0.2) is 11.5 Å². The molecule has 0 amide bonds. The van der Waals surface area contributed by atoms with Gasteiger partial charge in [0.2, 0.25) is 5.43 Å². The van der Waals surface area contributed by atoms with Gasteiger partial charge in [0.05, 0.1) is 29.7 Å². The SMILES string of the molecule is COc1c2c(c(O)c3c(=O)c4ccccc4n(C)c13)[C@H](O)CC(C)(C)O2. The van der Waals surface area contributed by atoms with Crippen molar-refractivity contribution in [3.05, 3.63) is 40.1 Å². The first-order valence-corrected chi connectivity index (χ1v) is 8.48. The van der Waals surface area contributed by atoms with E-state index in [-0.39, 0.29) is 27.9 Å². The van der Waals surface area contributed by atoms with Gasteiger partial charge in [-0.2, -0.15) is 0 Å². The lowest BCUT2D eigenvalue weighted by Crippen LogP contribution is -2.35. The molecule has 136 valence electrons. The topological polar surface area (TPSA) is 80.9 Å². The maximum absolute atomic E-state index is 13.1. The number of pyridine rings is 1. The summed E-state index contributed by atoms with van der Waals surface area (Å²) in [7, 11) is 3.30. The Labute approximate surface area is 150 Å². The quantitative estimate of drug-likeness (QED) is 0.656. The molecule has 0 radical (unpaired) electrons. The molecule has 0 fully saturated rings. The molecule has 4 rings (SSSR count). The number of rotatable bonds is 1. The van der Waals surface area contributed by atoms with Crippen molar-refractivity contribution >= 4 is 21.8 Å². The largest absolute Gasteiger partial charge is 0.507 e. The molecule has 26 heavy (non-hydrogen) atoms. The van der Waals surface area contributed by atoms with Gasteiger partial charge >= 0.3 is 0 Å². The molecule has 0 bridgehead atoms. The number of phenols is 1. The minimum Gasteiger partial charge on any atom is -0.507 e. The molecule has 3 aromatic rings. The van der Waals surface area contributed by atoms with E-state index in [1.807, 2.05) is 37.6 Å². The first-order valence-electron chi connectivity index (χ1n) is 8.48. The third-order valence-corrected chi connectivity index (χ3v) is 5.07. The molecule has 2 aromatic carbocycles. The van der Waals surface area contributed by atoms with Crippen LogP contribution in [0.1, 0.15) is 31.9 Å². The second-order valence-corrected chi connectivity index (χ2v) is 7.34. The summed E-state index contributed by atoms with van der Waals surface area (Å²) in [6.07, 6.45) is -0.654. The number of aryl methyl sites for hydroxylation is 1. The Morgan fingerprint density at radius 2 is 2.00 bits per heavy atom. The van der Waals surface area contributed by atoms with Crippen LogP contribution in [0, 0.1) is 0 Å². The summed E-state index contributed by atoms with van der Waals surface area (Å²) in [6, 6.07) is 7.19. The Morgan fingerprint density at radius 3 is 2.69 bits per heavy atom. The van der Waals surface area contributed by atoms with E-state index < -0.39 is 11.7 Å². The molecule has 1 aromatic heterocycles. The van der Waals surface area contributed by atoms with Gasteiger partial charge in [0.1, 0.15) is 16.9 Å². The zero-order valence-corrected chi connectivity index (χ0v) is 15.2. The lowest BCUT2D eigenvalue weighted by molar-refractivity contribution is 0.00817. The van der Waals surface area contributed by atoms with Crippen LogP contribution in [0.5, 0.6) is 17.2 Å². The average molecular weight is 355 g/mol. The van der Waals surface area contributed by atoms with Crippen LogP contribution in [0.4, 0.5) is 0 Å². The highest BCUT2D eigenvalue weighted by atomic mass is 16.5. The third kappa shape index (κ3) is 2.12. The van der Waals surface area contributed by atoms with E-state index in [4.69, 9.17) is 9.47 Å². The highest BCUT2D eigenvalue weighted by Gasteiger charge is 2.39. The van der Waals surface area contributed by atoms with Crippen LogP contribution in [0.3, 0.4) is 0 Å². The summed E-state index contributed by atoms with van der Waals surface area (Å²) in [5.74, 6) is 0.377. The van der Waals surface area contributed by atoms with Gasteiger partial charge < -0.3 is 24.3 Å². The van der Waals surface area contributed by atoms with Crippen LogP contribution in [0.2, 0.25) is 0 Å². The summed E-state index contributed by atoms with van der Waals surface area (Å²) >= 11 is 0. The van der Waals surface area contributed by atoms with Crippen LogP contribution in [-0.2, 0) is 7.05 Å². The molecule has 0 saturated carbocycles. The molecular weight excluding hydrogens is 334 g/mol. The monoisotopic (exact) mass is 355 g/mol. The second-order valence-electron chi connectivity index (χ2n) is 7.34. The van der Waals surface area contributed by atoms with Gasteiger partial charge in [0.25, 0.3) is 0 Å². The number of fused-ring (bicyclic) bond motifs is 3. The number of benzene rings is 2. The van der Waals surface area contributed by atoms with E-state index in [1.54, 1.807) is 12.1 Å². The summed E-state index contributed by atoms with van der Waals surface area (Å²) in [5.41, 5.74) is 0.441. The van der Waals surface area contributed by atoms with Crippen molar-refractivity contribution in [2.45, 2.75) is 32.0 Å². The Bertz CT molecular complexity index is 1110. The molecular formula is C20H21NO5. The van der Waals surface area contributed by atoms with E-state index in [0.29, 0.717) is 23.1 Å². The van der Waals surface area contributed by atoms with Crippen LogP contribution in [-0.4, -0.2) is 27.5 Å². The normalized spacial score (nSPS) is 18.6. The van der Waals surface area contributed by atoms with Crippen molar-refractivity contribution < 1.29 is 19.7 Å². The number of hydrogen-bond acceptors (Lipinski definition) is 5. The molecule has 1 atom stereocenters. The highest BCUT2D eigenvalue weighted by molar-refractivity contribution is 6.01. The first-order chi connectivity index (χ1) is 12.3. The molecule has 0 unspecified atom stereocenters. The van der Waals surface area contributed by atoms with E-state index in [9.17, 15) is 15.0 Å². The van der Waals surface area contributed by atoms with E-state index in [1.165, 1.54) is 7.11 Å². The van der Waals surface area contributed by atoms with Gasteiger partial charge in [0, 0.05) is 18.9 Å². The van der Waals surface area contributed by atoms with Crippen molar-refractivity contribution in [3.63, 3.8) is 0 Å². The van der Waals surface area contributed by atoms with E-state index >= 15 is 0 Å². The zero-order valence-electron chi connectivity index (χ0n) is 15.2. The predicted octanol–water partition coefficient (Wildman–Crippen LogP) is 3.00. The fourth-order valence-electron chi connectivity index (χ4n) is 3.93. The molecule has 2 heterocycles. The van der Waals surface area contributed by atoms with Crippen molar-refractivity contribution in [1.82, 2.24) is 4.57 Å². The molecule has 1 aliphatic heterocycles. The van der Waals surface area contributed by atoms with Gasteiger partial charge in [-0.05, 0) is 26.0 Å². The van der Waals surface area contributed by atoms with Crippen molar-refractivity contribution in [3.8, 4) is 17.2 Å². The van der Waals surface area contributed by atoms with Gasteiger partial charge in [-0.25, -0.2) is 0 Å². The number of nitrogens with zero attached hydrogens (tertiary/aromatic N) is 1. The fraction of sp³-hybridized carbons (Fsp3) is 0.350. The smallest absolute Gasteiger partial charge is 0.201 e. The summed E-state index contributed by atoms with van der Waals surface area (Å²) in [6.45, 7) is 3.72. The van der Waals surface area contributed by atoms with E-state index in [2.05, 4.69) is 0 Å². The van der Waals surface area contributed by atoms with Crippen LogP contribution < -0.4 is 14.9 Å². The predicted molar refractivity (Wildman–Crippen MR) is 99.2 cm³/mol. The molecule has 6 nitrogen and oxygen atoms in total. The highest BCUT2D eigenvalue weighted by Crippen LogP contribution is 2.52. The molecule has 1 aliphatic rings. The number of ether oxygens (including phenoxy) is 2.